The van der Waals surface area contributed by atoms with Crippen LogP contribution in [0, 0.1) is 6.92 Å². The number of hydrogen-bond acceptors (Lipinski definition) is 4. The first-order chi connectivity index (χ1) is 8.25. The molecule has 0 unspecified atom stereocenters. The summed E-state index contributed by atoms with van der Waals surface area (Å²) < 4.78 is 1.84. The van der Waals surface area contributed by atoms with E-state index in [-0.39, 0.29) is 0 Å². The fourth-order valence-electron chi connectivity index (χ4n) is 1.50. The normalized spacial score (nSPS) is 10.9. The molecule has 2 aromatic rings. The number of thiophene rings is 1. The third-order valence-electron chi connectivity index (χ3n) is 2.48. The average molecular weight is 267 g/mol. The van der Waals surface area contributed by atoms with Crippen LogP contribution in [0.3, 0.4) is 0 Å². The van der Waals surface area contributed by atoms with Gasteiger partial charge in [-0.05, 0) is 23.9 Å². The lowest BCUT2D eigenvalue weighted by molar-refractivity contribution is 0.738. The molecule has 0 aliphatic carbocycles. The molecule has 0 aliphatic rings. The summed E-state index contributed by atoms with van der Waals surface area (Å²) in [4.78, 5) is 2.68. The molecule has 3 nitrogen and oxygen atoms in total. The fraction of sp³-hybridized carbons (Fsp3) is 0.417. The molecule has 0 aliphatic heterocycles. The fourth-order valence-corrected chi connectivity index (χ4v) is 3.21. The summed E-state index contributed by atoms with van der Waals surface area (Å²) in [6.45, 7) is 4.17. The summed E-state index contributed by atoms with van der Waals surface area (Å²) in [5.41, 5.74) is 1.39. The Morgan fingerprint density at radius 3 is 3.06 bits per heavy atom. The first-order valence-electron chi connectivity index (χ1n) is 5.61. The Labute approximate surface area is 110 Å². The monoisotopic (exact) mass is 267 g/mol. The van der Waals surface area contributed by atoms with Crippen LogP contribution in [0.1, 0.15) is 10.4 Å². The van der Waals surface area contributed by atoms with Crippen LogP contribution in [-0.2, 0) is 13.6 Å². The van der Waals surface area contributed by atoms with E-state index in [9.17, 15) is 0 Å². The van der Waals surface area contributed by atoms with Crippen molar-refractivity contribution >= 4 is 23.1 Å². The number of aromatic nitrogens is 2. The van der Waals surface area contributed by atoms with Crippen LogP contribution in [0.15, 0.2) is 28.7 Å². The Morgan fingerprint density at radius 1 is 1.53 bits per heavy atom. The summed E-state index contributed by atoms with van der Waals surface area (Å²) in [5.74, 6) is 1.08. The SMILES string of the molecule is Cc1ccsc1CNCCSc1cnn(C)c1. The van der Waals surface area contributed by atoms with Crippen molar-refractivity contribution in [2.45, 2.75) is 18.4 Å². The largest absolute Gasteiger partial charge is 0.311 e. The van der Waals surface area contributed by atoms with Crippen LogP contribution in [0.25, 0.3) is 0 Å². The van der Waals surface area contributed by atoms with Crippen molar-refractivity contribution in [3.63, 3.8) is 0 Å². The molecule has 17 heavy (non-hydrogen) atoms. The molecule has 0 saturated carbocycles. The number of thioether (sulfide) groups is 1. The summed E-state index contributed by atoms with van der Waals surface area (Å²) in [5, 5.41) is 9.76. The van der Waals surface area contributed by atoms with Crippen molar-refractivity contribution in [2.24, 2.45) is 7.05 Å². The summed E-state index contributed by atoms with van der Waals surface area (Å²) in [7, 11) is 1.95. The van der Waals surface area contributed by atoms with Gasteiger partial charge in [0.15, 0.2) is 0 Å². The zero-order chi connectivity index (χ0) is 12.1. The van der Waals surface area contributed by atoms with E-state index >= 15 is 0 Å². The number of nitrogens with zero attached hydrogens (tertiary/aromatic N) is 2. The van der Waals surface area contributed by atoms with E-state index in [4.69, 9.17) is 0 Å². The summed E-state index contributed by atoms with van der Waals surface area (Å²) >= 11 is 3.66. The molecule has 92 valence electrons. The van der Waals surface area contributed by atoms with Crippen molar-refractivity contribution in [3.05, 3.63) is 34.3 Å². The van der Waals surface area contributed by atoms with Crippen molar-refractivity contribution in [1.82, 2.24) is 15.1 Å². The van der Waals surface area contributed by atoms with Crippen molar-refractivity contribution in [2.75, 3.05) is 12.3 Å². The lowest BCUT2D eigenvalue weighted by Gasteiger charge is -2.03. The van der Waals surface area contributed by atoms with Gasteiger partial charge in [0.25, 0.3) is 0 Å². The molecule has 0 atom stereocenters. The van der Waals surface area contributed by atoms with Crippen molar-refractivity contribution < 1.29 is 0 Å². The lowest BCUT2D eigenvalue weighted by atomic mass is 10.3. The van der Waals surface area contributed by atoms with E-state index in [2.05, 4.69) is 28.8 Å². The van der Waals surface area contributed by atoms with Gasteiger partial charge in [-0.25, -0.2) is 0 Å². The molecule has 0 spiro atoms. The highest BCUT2D eigenvalue weighted by Crippen LogP contribution is 2.16. The molecule has 2 rings (SSSR count). The average Bonchev–Trinajstić information content (AvgIpc) is 2.88. The van der Waals surface area contributed by atoms with Crippen LogP contribution < -0.4 is 5.32 Å². The lowest BCUT2D eigenvalue weighted by Crippen LogP contribution is -2.16. The highest BCUT2D eigenvalue weighted by molar-refractivity contribution is 7.99. The number of aryl methyl sites for hydroxylation is 2. The minimum Gasteiger partial charge on any atom is -0.311 e. The van der Waals surface area contributed by atoms with Gasteiger partial charge < -0.3 is 5.32 Å². The molecule has 0 amide bonds. The molecule has 0 aromatic carbocycles. The Morgan fingerprint density at radius 2 is 2.41 bits per heavy atom. The van der Waals surface area contributed by atoms with E-state index in [1.807, 2.05) is 47.2 Å². The third-order valence-corrected chi connectivity index (χ3v) is 4.46. The molecule has 0 bridgehead atoms. The molecule has 5 heteroatoms. The van der Waals surface area contributed by atoms with E-state index in [1.54, 1.807) is 0 Å². The third kappa shape index (κ3) is 3.87. The van der Waals surface area contributed by atoms with Gasteiger partial charge in [0.05, 0.1) is 6.20 Å². The maximum atomic E-state index is 4.14. The molecule has 0 fully saturated rings. The first-order valence-corrected chi connectivity index (χ1v) is 7.47. The minimum absolute atomic E-state index is 0.983. The summed E-state index contributed by atoms with van der Waals surface area (Å²) in [6, 6.07) is 2.17. The maximum absolute atomic E-state index is 4.14. The Bertz CT molecular complexity index is 462. The van der Waals surface area contributed by atoms with Gasteiger partial charge in [0.2, 0.25) is 0 Å². The zero-order valence-electron chi connectivity index (χ0n) is 10.1. The van der Waals surface area contributed by atoms with Gasteiger partial charge in [-0.15, -0.1) is 23.1 Å². The Kier molecular flexibility index (Phi) is 4.65. The standard InChI is InChI=1S/C12H17N3S2/c1-10-3-5-17-12(10)8-13-4-6-16-11-7-14-15(2)9-11/h3,5,7,9,13H,4,6,8H2,1-2H3. The molecule has 0 saturated heterocycles. The van der Waals surface area contributed by atoms with Crippen LogP contribution in [0.5, 0.6) is 0 Å². The highest BCUT2D eigenvalue weighted by atomic mass is 32.2. The second kappa shape index (κ2) is 6.23. The van der Waals surface area contributed by atoms with E-state index < -0.39 is 0 Å². The molecule has 0 radical (unpaired) electrons. The van der Waals surface area contributed by atoms with Gasteiger partial charge in [-0.3, -0.25) is 4.68 Å². The predicted molar refractivity (Wildman–Crippen MR) is 74.7 cm³/mol. The number of rotatable bonds is 6. The predicted octanol–water partition coefficient (Wildman–Crippen LogP) is 2.67. The summed E-state index contributed by atoms with van der Waals surface area (Å²) in [6.07, 6.45) is 3.96. The second-order valence-corrected chi connectivity index (χ2v) is 6.07. The van der Waals surface area contributed by atoms with E-state index in [1.165, 1.54) is 15.3 Å². The van der Waals surface area contributed by atoms with E-state index in [0.29, 0.717) is 0 Å². The van der Waals surface area contributed by atoms with Crippen LogP contribution in [-0.4, -0.2) is 22.1 Å². The maximum Gasteiger partial charge on any atom is 0.0625 e. The van der Waals surface area contributed by atoms with Crippen molar-refractivity contribution in [3.8, 4) is 0 Å². The zero-order valence-corrected chi connectivity index (χ0v) is 11.8. The van der Waals surface area contributed by atoms with Crippen LogP contribution >= 0.6 is 23.1 Å². The van der Waals surface area contributed by atoms with Gasteiger partial charge in [-0.2, -0.15) is 5.10 Å². The molecule has 1 N–H and O–H groups in total. The Hall–Kier alpha value is -0.780. The van der Waals surface area contributed by atoms with Gasteiger partial charge in [0, 0.05) is 41.9 Å². The van der Waals surface area contributed by atoms with Gasteiger partial charge >= 0.3 is 0 Å². The molecule has 2 heterocycles. The molecule has 2 aromatic heterocycles. The Balaban J connectivity index is 1.62. The number of nitrogens with one attached hydrogen (secondary N) is 1. The van der Waals surface area contributed by atoms with Crippen molar-refractivity contribution in [1.29, 1.82) is 0 Å². The minimum atomic E-state index is 0.983. The molecular weight excluding hydrogens is 250 g/mol. The van der Waals surface area contributed by atoms with E-state index in [0.717, 1.165) is 18.8 Å². The topological polar surface area (TPSA) is 29.9 Å². The molecular formula is C12H17N3S2. The smallest absolute Gasteiger partial charge is 0.0625 e. The van der Waals surface area contributed by atoms with Gasteiger partial charge in [-0.1, -0.05) is 0 Å². The quantitative estimate of drug-likeness (QED) is 0.644. The van der Waals surface area contributed by atoms with Crippen LogP contribution in [0.4, 0.5) is 0 Å². The highest BCUT2D eigenvalue weighted by Gasteiger charge is 1.99. The first kappa shape index (κ1) is 12.7. The van der Waals surface area contributed by atoms with Gasteiger partial charge in [0.1, 0.15) is 0 Å². The van der Waals surface area contributed by atoms with Crippen LogP contribution in [0.2, 0.25) is 0 Å². The number of hydrogen-bond donors (Lipinski definition) is 1. The second-order valence-electron chi connectivity index (χ2n) is 3.90.